The standard InChI is InChI=1S/C16H22N4O4.2ClH/c17-11-14-4-5-15(24-14)16(21)19-8-6-18(7-9-19)12-2-1-3-13(10-12)20(22)23;;/h1-3,10,14-15H,4-9,11,17H2;2*1H/t14-,15+;;/m1../s1. The number of carbonyl (C=O) groups is 1. The first-order valence-corrected chi connectivity index (χ1v) is 8.22. The van der Waals surface area contributed by atoms with Crippen LogP contribution in [0, 0.1) is 10.1 Å². The van der Waals surface area contributed by atoms with Gasteiger partial charge in [-0.15, -0.1) is 24.8 Å². The summed E-state index contributed by atoms with van der Waals surface area (Å²) >= 11 is 0. The first kappa shape index (κ1) is 22.4. The number of nitro groups is 1. The fraction of sp³-hybridized carbons (Fsp3) is 0.562. The van der Waals surface area contributed by atoms with Gasteiger partial charge in [0.2, 0.25) is 0 Å². The largest absolute Gasteiger partial charge is 0.368 e. The molecule has 2 N–H and O–H groups in total. The van der Waals surface area contributed by atoms with Crippen LogP contribution in [0.15, 0.2) is 24.3 Å². The molecule has 146 valence electrons. The Morgan fingerprint density at radius 1 is 1.23 bits per heavy atom. The van der Waals surface area contributed by atoms with Crippen LogP contribution in [-0.4, -0.2) is 60.7 Å². The van der Waals surface area contributed by atoms with Crippen molar-refractivity contribution in [1.82, 2.24) is 4.90 Å². The van der Waals surface area contributed by atoms with E-state index in [0.717, 1.165) is 18.5 Å². The molecule has 1 aromatic carbocycles. The van der Waals surface area contributed by atoms with Gasteiger partial charge in [-0.3, -0.25) is 14.9 Å². The van der Waals surface area contributed by atoms with Crippen molar-refractivity contribution in [1.29, 1.82) is 0 Å². The van der Waals surface area contributed by atoms with Crippen molar-refractivity contribution in [3.05, 3.63) is 34.4 Å². The molecule has 0 aromatic heterocycles. The number of piperazine rings is 1. The van der Waals surface area contributed by atoms with Crippen molar-refractivity contribution in [3.63, 3.8) is 0 Å². The van der Waals surface area contributed by atoms with Crippen LogP contribution in [0.2, 0.25) is 0 Å². The Morgan fingerprint density at radius 2 is 1.92 bits per heavy atom. The lowest BCUT2D eigenvalue weighted by molar-refractivity contribution is -0.384. The Morgan fingerprint density at radius 3 is 2.50 bits per heavy atom. The maximum absolute atomic E-state index is 12.5. The van der Waals surface area contributed by atoms with Crippen molar-refractivity contribution >= 4 is 42.1 Å². The normalized spacial score (nSPS) is 22.3. The molecule has 26 heavy (non-hydrogen) atoms. The summed E-state index contributed by atoms with van der Waals surface area (Å²) < 4.78 is 5.67. The molecule has 0 unspecified atom stereocenters. The van der Waals surface area contributed by atoms with Gasteiger partial charge in [-0.25, -0.2) is 0 Å². The predicted octanol–water partition coefficient (Wildman–Crippen LogP) is 1.59. The second-order valence-corrected chi connectivity index (χ2v) is 6.15. The van der Waals surface area contributed by atoms with Gasteiger partial charge in [0, 0.05) is 50.5 Å². The van der Waals surface area contributed by atoms with E-state index in [1.54, 1.807) is 12.1 Å². The number of nitro benzene ring substituents is 1. The topological polar surface area (TPSA) is 102 Å². The highest BCUT2D eigenvalue weighted by Crippen LogP contribution is 2.24. The summed E-state index contributed by atoms with van der Waals surface area (Å²) in [7, 11) is 0. The number of ether oxygens (including phenoxy) is 1. The van der Waals surface area contributed by atoms with Crippen LogP contribution in [-0.2, 0) is 9.53 Å². The lowest BCUT2D eigenvalue weighted by Gasteiger charge is -2.37. The molecule has 2 aliphatic rings. The van der Waals surface area contributed by atoms with Crippen molar-refractivity contribution in [2.45, 2.75) is 25.0 Å². The fourth-order valence-electron chi connectivity index (χ4n) is 3.25. The minimum Gasteiger partial charge on any atom is -0.368 e. The van der Waals surface area contributed by atoms with E-state index in [1.165, 1.54) is 6.07 Å². The number of halogens is 2. The van der Waals surface area contributed by atoms with E-state index in [0.29, 0.717) is 32.7 Å². The van der Waals surface area contributed by atoms with Crippen molar-refractivity contribution in [2.24, 2.45) is 5.73 Å². The van der Waals surface area contributed by atoms with Crippen LogP contribution < -0.4 is 10.6 Å². The van der Waals surface area contributed by atoms with Crippen LogP contribution in [0.3, 0.4) is 0 Å². The zero-order valence-corrected chi connectivity index (χ0v) is 15.9. The molecule has 2 heterocycles. The first-order chi connectivity index (χ1) is 11.6. The third-order valence-corrected chi connectivity index (χ3v) is 4.64. The number of hydrogen-bond donors (Lipinski definition) is 1. The smallest absolute Gasteiger partial charge is 0.271 e. The second-order valence-electron chi connectivity index (χ2n) is 6.15. The number of nitrogens with two attached hydrogens (primary N) is 1. The van der Waals surface area contributed by atoms with E-state index < -0.39 is 4.92 Å². The maximum Gasteiger partial charge on any atom is 0.271 e. The van der Waals surface area contributed by atoms with Crippen LogP contribution in [0.4, 0.5) is 11.4 Å². The van der Waals surface area contributed by atoms with Gasteiger partial charge in [0.15, 0.2) is 0 Å². The predicted molar refractivity (Wildman–Crippen MR) is 103 cm³/mol. The molecule has 1 aromatic rings. The highest BCUT2D eigenvalue weighted by molar-refractivity contribution is 5.85. The Hall–Kier alpha value is -1.61. The number of benzene rings is 1. The summed E-state index contributed by atoms with van der Waals surface area (Å²) in [6, 6.07) is 6.60. The Bertz CT molecular complexity index is 626. The molecule has 2 fully saturated rings. The van der Waals surface area contributed by atoms with Crippen molar-refractivity contribution in [2.75, 3.05) is 37.6 Å². The molecule has 0 bridgehead atoms. The molecule has 3 rings (SSSR count). The average Bonchev–Trinajstić information content (AvgIpc) is 3.10. The summed E-state index contributed by atoms with van der Waals surface area (Å²) in [4.78, 5) is 26.9. The van der Waals surface area contributed by atoms with Gasteiger partial charge in [-0.1, -0.05) is 6.07 Å². The summed E-state index contributed by atoms with van der Waals surface area (Å²) in [5.41, 5.74) is 6.48. The molecule has 8 nitrogen and oxygen atoms in total. The monoisotopic (exact) mass is 406 g/mol. The zero-order valence-electron chi connectivity index (χ0n) is 14.3. The van der Waals surface area contributed by atoms with Crippen LogP contribution in [0.1, 0.15) is 12.8 Å². The SMILES string of the molecule is Cl.Cl.NC[C@H]1CC[C@@H](C(=O)N2CCN(c3cccc([N+](=O)[O-])c3)CC2)O1. The number of hydrogen-bond acceptors (Lipinski definition) is 6. The van der Waals surface area contributed by atoms with Gasteiger partial charge in [0.1, 0.15) is 6.10 Å². The molecular formula is C16H24Cl2N4O4. The van der Waals surface area contributed by atoms with E-state index >= 15 is 0 Å². The molecule has 2 atom stereocenters. The lowest BCUT2D eigenvalue weighted by Crippen LogP contribution is -2.51. The van der Waals surface area contributed by atoms with Gasteiger partial charge in [0.05, 0.1) is 11.0 Å². The van der Waals surface area contributed by atoms with Crippen LogP contribution in [0.25, 0.3) is 0 Å². The number of amides is 1. The minimum atomic E-state index is -0.394. The molecular weight excluding hydrogens is 383 g/mol. The number of nitrogens with zero attached hydrogens (tertiary/aromatic N) is 3. The third-order valence-electron chi connectivity index (χ3n) is 4.64. The molecule has 0 spiro atoms. The highest BCUT2D eigenvalue weighted by Gasteiger charge is 2.34. The zero-order chi connectivity index (χ0) is 17.1. The molecule has 10 heteroatoms. The van der Waals surface area contributed by atoms with Gasteiger partial charge in [-0.05, 0) is 18.9 Å². The molecule has 1 amide bonds. The van der Waals surface area contributed by atoms with E-state index in [2.05, 4.69) is 4.90 Å². The lowest BCUT2D eigenvalue weighted by atomic mass is 10.1. The Labute approximate surface area is 164 Å². The fourth-order valence-corrected chi connectivity index (χ4v) is 3.25. The molecule has 0 saturated carbocycles. The molecule has 0 radical (unpaired) electrons. The van der Waals surface area contributed by atoms with Gasteiger partial charge >= 0.3 is 0 Å². The number of rotatable bonds is 4. The summed E-state index contributed by atoms with van der Waals surface area (Å²) in [6.07, 6.45) is 1.18. The number of anilines is 1. The third kappa shape index (κ3) is 4.97. The summed E-state index contributed by atoms with van der Waals surface area (Å²) in [6.45, 7) is 2.94. The minimum absolute atomic E-state index is 0. The molecule has 2 saturated heterocycles. The van der Waals surface area contributed by atoms with Crippen molar-refractivity contribution in [3.8, 4) is 0 Å². The summed E-state index contributed by atoms with van der Waals surface area (Å²) in [5.74, 6) is 0.0321. The van der Waals surface area contributed by atoms with Gasteiger partial charge in [-0.2, -0.15) is 0 Å². The number of carbonyl (C=O) groups excluding carboxylic acids is 1. The average molecular weight is 407 g/mol. The van der Waals surface area contributed by atoms with Crippen LogP contribution in [0.5, 0.6) is 0 Å². The quantitative estimate of drug-likeness (QED) is 0.601. The van der Waals surface area contributed by atoms with Crippen LogP contribution >= 0.6 is 24.8 Å². The highest BCUT2D eigenvalue weighted by atomic mass is 35.5. The van der Waals surface area contributed by atoms with E-state index in [9.17, 15) is 14.9 Å². The molecule has 0 aliphatic carbocycles. The molecule has 2 aliphatic heterocycles. The first-order valence-electron chi connectivity index (χ1n) is 8.22. The summed E-state index contributed by atoms with van der Waals surface area (Å²) in [5, 5.41) is 10.9. The van der Waals surface area contributed by atoms with E-state index in [-0.39, 0.29) is 48.6 Å². The van der Waals surface area contributed by atoms with Gasteiger partial charge < -0.3 is 20.3 Å². The van der Waals surface area contributed by atoms with Crippen molar-refractivity contribution < 1.29 is 14.5 Å². The Balaban J connectivity index is 0.00000169. The maximum atomic E-state index is 12.5. The van der Waals surface area contributed by atoms with E-state index in [4.69, 9.17) is 10.5 Å². The van der Waals surface area contributed by atoms with E-state index in [1.807, 2.05) is 11.0 Å². The second kappa shape index (κ2) is 9.91. The number of non-ortho nitro benzene ring substituents is 1. The van der Waals surface area contributed by atoms with Gasteiger partial charge in [0.25, 0.3) is 11.6 Å². The Kier molecular flexibility index (Phi) is 8.55.